The topological polar surface area (TPSA) is 63.3 Å². The Morgan fingerprint density at radius 1 is 1.58 bits per heavy atom. The first kappa shape index (κ1) is 12.1. The average Bonchev–Trinajstić information content (AvgIpc) is 2.01. The predicted octanol–water partition coefficient (Wildman–Crippen LogP) is 0.245. The van der Waals surface area contributed by atoms with E-state index in [-0.39, 0.29) is 12.6 Å². The van der Waals surface area contributed by atoms with Gasteiger partial charge >= 0.3 is 0 Å². The van der Waals surface area contributed by atoms with Crippen molar-refractivity contribution in [2.45, 2.75) is 32.2 Å². The SMILES string of the molecule is CCCCS(=O)CC(N)CCO. The summed E-state index contributed by atoms with van der Waals surface area (Å²) in [5.74, 6) is 1.27. The summed E-state index contributed by atoms with van der Waals surface area (Å²) in [7, 11) is -0.788. The molecule has 0 aliphatic heterocycles. The van der Waals surface area contributed by atoms with Crippen LogP contribution in [0, 0.1) is 0 Å². The zero-order chi connectivity index (χ0) is 9.40. The lowest BCUT2D eigenvalue weighted by Gasteiger charge is -2.08. The fourth-order valence-corrected chi connectivity index (χ4v) is 2.30. The highest BCUT2D eigenvalue weighted by Gasteiger charge is 2.06. The van der Waals surface area contributed by atoms with Gasteiger partial charge in [0.25, 0.3) is 0 Å². The van der Waals surface area contributed by atoms with Crippen molar-refractivity contribution in [1.29, 1.82) is 0 Å². The smallest absolute Gasteiger partial charge is 0.0446 e. The van der Waals surface area contributed by atoms with Gasteiger partial charge in [0.1, 0.15) is 0 Å². The van der Waals surface area contributed by atoms with Crippen molar-refractivity contribution in [1.82, 2.24) is 0 Å². The maximum atomic E-state index is 11.2. The predicted molar refractivity (Wildman–Crippen MR) is 52.5 cm³/mol. The first-order valence-corrected chi connectivity index (χ1v) is 5.91. The minimum absolute atomic E-state index is 0.0894. The van der Waals surface area contributed by atoms with Crippen LogP contribution in [0.5, 0.6) is 0 Å². The van der Waals surface area contributed by atoms with E-state index >= 15 is 0 Å². The monoisotopic (exact) mass is 193 g/mol. The third-order valence-electron chi connectivity index (χ3n) is 1.63. The van der Waals surface area contributed by atoms with Crippen LogP contribution in [0.15, 0.2) is 0 Å². The zero-order valence-electron chi connectivity index (χ0n) is 7.66. The van der Waals surface area contributed by atoms with Crippen molar-refractivity contribution in [3.05, 3.63) is 0 Å². The molecule has 0 aromatic heterocycles. The second-order valence-electron chi connectivity index (χ2n) is 2.94. The van der Waals surface area contributed by atoms with Crippen molar-refractivity contribution in [2.24, 2.45) is 5.73 Å². The molecule has 0 radical (unpaired) electrons. The van der Waals surface area contributed by atoms with Crippen molar-refractivity contribution in [3.8, 4) is 0 Å². The van der Waals surface area contributed by atoms with Gasteiger partial charge in [-0.3, -0.25) is 4.21 Å². The number of hydrogen-bond acceptors (Lipinski definition) is 3. The first-order chi connectivity index (χ1) is 5.70. The van der Waals surface area contributed by atoms with E-state index in [1.54, 1.807) is 0 Å². The number of aliphatic hydroxyl groups is 1. The number of aliphatic hydroxyl groups excluding tert-OH is 1. The number of rotatable bonds is 7. The summed E-state index contributed by atoms with van der Waals surface area (Å²) in [6, 6.07) is -0.104. The van der Waals surface area contributed by atoms with Crippen molar-refractivity contribution < 1.29 is 9.32 Å². The van der Waals surface area contributed by atoms with Crippen LogP contribution in [-0.4, -0.2) is 33.5 Å². The van der Waals surface area contributed by atoms with Crippen LogP contribution in [0.1, 0.15) is 26.2 Å². The molecule has 0 bridgehead atoms. The molecule has 0 saturated heterocycles. The largest absolute Gasteiger partial charge is 0.396 e. The lowest BCUT2D eigenvalue weighted by molar-refractivity contribution is 0.279. The minimum atomic E-state index is -0.788. The van der Waals surface area contributed by atoms with Crippen LogP contribution < -0.4 is 5.73 Å². The third kappa shape index (κ3) is 6.76. The second kappa shape index (κ2) is 7.71. The molecule has 0 fully saturated rings. The van der Waals surface area contributed by atoms with Crippen LogP contribution in [-0.2, 0) is 10.8 Å². The number of hydrogen-bond donors (Lipinski definition) is 2. The maximum Gasteiger partial charge on any atom is 0.0446 e. The zero-order valence-corrected chi connectivity index (χ0v) is 8.48. The first-order valence-electron chi connectivity index (χ1n) is 4.42. The number of unbranched alkanes of at least 4 members (excludes halogenated alkanes) is 1. The van der Waals surface area contributed by atoms with Crippen LogP contribution >= 0.6 is 0 Å². The quantitative estimate of drug-likeness (QED) is 0.609. The lowest BCUT2D eigenvalue weighted by atomic mass is 10.3. The van der Waals surface area contributed by atoms with Crippen LogP contribution in [0.3, 0.4) is 0 Å². The highest BCUT2D eigenvalue weighted by molar-refractivity contribution is 7.85. The Balaban J connectivity index is 3.40. The molecule has 4 heteroatoms. The Kier molecular flexibility index (Phi) is 7.75. The Labute approximate surface area is 76.8 Å². The molecule has 12 heavy (non-hydrogen) atoms. The normalized spacial score (nSPS) is 15.9. The van der Waals surface area contributed by atoms with Gasteiger partial charge in [-0.2, -0.15) is 0 Å². The summed E-state index contributed by atoms with van der Waals surface area (Å²) >= 11 is 0. The molecule has 0 saturated carbocycles. The molecular weight excluding hydrogens is 174 g/mol. The Bertz CT molecular complexity index is 130. The summed E-state index contributed by atoms with van der Waals surface area (Å²) in [4.78, 5) is 0. The standard InChI is InChI=1S/C8H19NO2S/c1-2-3-6-12(11)7-8(9)4-5-10/h8,10H,2-7,9H2,1H3. The fraction of sp³-hybridized carbons (Fsp3) is 1.00. The van der Waals surface area contributed by atoms with E-state index < -0.39 is 10.8 Å². The Morgan fingerprint density at radius 2 is 2.25 bits per heavy atom. The molecule has 0 aromatic rings. The van der Waals surface area contributed by atoms with E-state index in [0.29, 0.717) is 12.2 Å². The van der Waals surface area contributed by atoms with Gasteiger partial charge in [0.05, 0.1) is 0 Å². The van der Waals surface area contributed by atoms with E-state index in [1.807, 2.05) is 0 Å². The highest BCUT2D eigenvalue weighted by Crippen LogP contribution is 1.96. The van der Waals surface area contributed by atoms with Crippen molar-refractivity contribution in [2.75, 3.05) is 18.1 Å². The van der Waals surface area contributed by atoms with Gasteiger partial charge in [0.2, 0.25) is 0 Å². The van der Waals surface area contributed by atoms with Crippen LogP contribution in [0.25, 0.3) is 0 Å². The third-order valence-corrected chi connectivity index (χ3v) is 3.17. The van der Waals surface area contributed by atoms with Gasteiger partial charge in [-0.1, -0.05) is 13.3 Å². The Hall–Kier alpha value is 0.0700. The molecule has 74 valence electrons. The summed E-state index contributed by atoms with van der Waals surface area (Å²) in [5, 5.41) is 8.55. The second-order valence-corrected chi connectivity index (χ2v) is 4.56. The van der Waals surface area contributed by atoms with E-state index in [2.05, 4.69) is 6.92 Å². The summed E-state index contributed by atoms with van der Waals surface area (Å²) < 4.78 is 11.2. The molecule has 0 aliphatic carbocycles. The molecule has 0 aromatic carbocycles. The van der Waals surface area contributed by atoms with Gasteiger partial charge in [0.15, 0.2) is 0 Å². The molecule has 2 atom stereocenters. The molecular formula is C8H19NO2S. The van der Waals surface area contributed by atoms with Crippen LogP contribution in [0.2, 0.25) is 0 Å². The molecule has 0 spiro atoms. The summed E-state index contributed by atoms with van der Waals surface area (Å²) in [6.07, 6.45) is 2.62. The molecule has 3 nitrogen and oxygen atoms in total. The minimum Gasteiger partial charge on any atom is -0.396 e. The molecule has 0 aliphatic rings. The molecule has 0 amide bonds. The van der Waals surface area contributed by atoms with Crippen LogP contribution in [0.4, 0.5) is 0 Å². The molecule has 3 N–H and O–H groups in total. The Morgan fingerprint density at radius 3 is 2.75 bits per heavy atom. The van der Waals surface area contributed by atoms with E-state index in [1.165, 1.54) is 0 Å². The maximum absolute atomic E-state index is 11.2. The molecule has 0 heterocycles. The summed E-state index contributed by atoms with van der Waals surface area (Å²) in [6.45, 7) is 2.16. The molecule has 2 unspecified atom stereocenters. The fourth-order valence-electron chi connectivity index (χ4n) is 0.877. The van der Waals surface area contributed by atoms with E-state index in [4.69, 9.17) is 10.8 Å². The number of nitrogens with two attached hydrogens (primary N) is 1. The van der Waals surface area contributed by atoms with Gasteiger partial charge in [-0.25, -0.2) is 0 Å². The van der Waals surface area contributed by atoms with E-state index in [0.717, 1.165) is 18.6 Å². The van der Waals surface area contributed by atoms with Crippen molar-refractivity contribution in [3.63, 3.8) is 0 Å². The van der Waals surface area contributed by atoms with Gasteiger partial charge in [-0.15, -0.1) is 0 Å². The van der Waals surface area contributed by atoms with Gasteiger partial charge in [0, 0.05) is 35.0 Å². The lowest BCUT2D eigenvalue weighted by Crippen LogP contribution is -2.28. The van der Waals surface area contributed by atoms with Gasteiger partial charge < -0.3 is 10.8 Å². The highest BCUT2D eigenvalue weighted by atomic mass is 32.2. The molecule has 0 rings (SSSR count). The van der Waals surface area contributed by atoms with Gasteiger partial charge in [-0.05, 0) is 12.8 Å². The van der Waals surface area contributed by atoms with Crippen molar-refractivity contribution >= 4 is 10.8 Å². The van der Waals surface area contributed by atoms with E-state index in [9.17, 15) is 4.21 Å². The average molecular weight is 193 g/mol. The summed E-state index contributed by atoms with van der Waals surface area (Å²) in [5.41, 5.74) is 5.60.